The van der Waals surface area contributed by atoms with Crippen molar-refractivity contribution in [2.45, 2.75) is 32.1 Å². The molecule has 1 heterocycles. The summed E-state index contributed by atoms with van der Waals surface area (Å²) in [6, 6.07) is 4.66. The maximum absolute atomic E-state index is 13.4. The minimum absolute atomic E-state index is 0.0191. The number of benzene rings is 1. The molecular weight excluding hydrogens is 247 g/mol. The van der Waals surface area contributed by atoms with Crippen molar-refractivity contribution in [2.75, 3.05) is 24.5 Å². The topological polar surface area (TPSA) is 55.7 Å². The summed E-state index contributed by atoms with van der Waals surface area (Å²) in [7, 11) is 0. The molecule has 19 heavy (non-hydrogen) atoms. The van der Waals surface area contributed by atoms with Crippen molar-refractivity contribution >= 4 is 5.69 Å². The minimum Gasteiger partial charge on any atom is -0.389 e. The van der Waals surface area contributed by atoms with Crippen molar-refractivity contribution in [1.29, 1.82) is 0 Å². The van der Waals surface area contributed by atoms with Gasteiger partial charge >= 0.3 is 0 Å². The fourth-order valence-electron chi connectivity index (χ4n) is 2.54. The number of β-amino-alcohol motifs (C(OH)–C–C–N with tert-alkyl or cyclic N) is 2. The lowest BCUT2D eigenvalue weighted by atomic mass is 10.0. The number of rotatable bonds is 4. The van der Waals surface area contributed by atoms with Gasteiger partial charge in [0.2, 0.25) is 0 Å². The van der Waals surface area contributed by atoms with Crippen LogP contribution in [0.15, 0.2) is 18.2 Å². The zero-order chi connectivity index (χ0) is 14.0. The van der Waals surface area contributed by atoms with Gasteiger partial charge in [0.15, 0.2) is 0 Å². The van der Waals surface area contributed by atoms with Crippen molar-refractivity contribution in [1.82, 2.24) is 5.32 Å². The molecule has 1 aliphatic rings. The lowest BCUT2D eigenvalue weighted by Gasteiger charge is -2.25. The van der Waals surface area contributed by atoms with Crippen LogP contribution in [0.2, 0.25) is 0 Å². The molecule has 106 valence electrons. The molecule has 2 rings (SSSR count). The van der Waals surface area contributed by atoms with Crippen LogP contribution in [0.4, 0.5) is 10.1 Å². The van der Waals surface area contributed by atoms with Crippen LogP contribution >= 0.6 is 0 Å². The Bertz CT molecular complexity index is 431. The number of aliphatic hydroxyl groups is 2. The Kier molecular flexibility index (Phi) is 4.39. The first kappa shape index (κ1) is 14.2. The zero-order valence-electron chi connectivity index (χ0n) is 11.3. The van der Waals surface area contributed by atoms with Gasteiger partial charge in [-0.25, -0.2) is 4.39 Å². The summed E-state index contributed by atoms with van der Waals surface area (Å²) in [6.07, 6.45) is -1.49. The standard InChI is InChI=1S/C14H21FN2O2/c1-3-16-9(2)11-6-10(15)4-5-12(11)17-7-13(18)14(19)8-17/h4-6,9,13-14,16,18-19H,3,7-8H2,1-2H3. The molecule has 1 saturated heterocycles. The Morgan fingerprint density at radius 1 is 1.37 bits per heavy atom. The lowest BCUT2D eigenvalue weighted by Crippen LogP contribution is -2.26. The van der Waals surface area contributed by atoms with E-state index in [1.807, 2.05) is 18.7 Å². The molecular formula is C14H21FN2O2. The van der Waals surface area contributed by atoms with Crippen molar-refractivity contribution in [2.24, 2.45) is 0 Å². The largest absolute Gasteiger partial charge is 0.389 e. The van der Waals surface area contributed by atoms with E-state index in [9.17, 15) is 14.6 Å². The smallest absolute Gasteiger partial charge is 0.123 e. The Morgan fingerprint density at radius 3 is 2.58 bits per heavy atom. The molecule has 1 aromatic carbocycles. The fraction of sp³-hybridized carbons (Fsp3) is 0.571. The van der Waals surface area contributed by atoms with Crippen LogP contribution in [-0.4, -0.2) is 42.1 Å². The van der Waals surface area contributed by atoms with Gasteiger partial charge in [-0.2, -0.15) is 0 Å². The molecule has 3 N–H and O–H groups in total. The number of aliphatic hydroxyl groups excluding tert-OH is 2. The third-order valence-corrected chi connectivity index (χ3v) is 3.57. The van der Waals surface area contributed by atoms with Crippen molar-refractivity contribution < 1.29 is 14.6 Å². The van der Waals surface area contributed by atoms with Crippen LogP contribution in [0.5, 0.6) is 0 Å². The summed E-state index contributed by atoms with van der Waals surface area (Å²) < 4.78 is 13.4. The predicted molar refractivity (Wildman–Crippen MR) is 72.7 cm³/mol. The maximum atomic E-state index is 13.4. The van der Waals surface area contributed by atoms with Gasteiger partial charge in [-0.05, 0) is 37.2 Å². The molecule has 0 aliphatic carbocycles. The van der Waals surface area contributed by atoms with E-state index in [-0.39, 0.29) is 11.9 Å². The summed E-state index contributed by atoms with van der Waals surface area (Å²) in [5.41, 5.74) is 1.72. The maximum Gasteiger partial charge on any atom is 0.123 e. The monoisotopic (exact) mass is 268 g/mol. The third kappa shape index (κ3) is 3.05. The fourth-order valence-corrected chi connectivity index (χ4v) is 2.54. The molecule has 3 atom stereocenters. The highest BCUT2D eigenvalue weighted by Crippen LogP contribution is 2.30. The highest BCUT2D eigenvalue weighted by atomic mass is 19.1. The summed E-state index contributed by atoms with van der Waals surface area (Å²) in [5.74, 6) is -0.274. The van der Waals surface area contributed by atoms with E-state index in [4.69, 9.17) is 0 Å². The Balaban J connectivity index is 2.29. The first-order valence-corrected chi connectivity index (χ1v) is 6.66. The first-order chi connectivity index (χ1) is 9.02. The number of nitrogens with one attached hydrogen (secondary N) is 1. The SMILES string of the molecule is CCNC(C)c1cc(F)ccc1N1CC(O)C(O)C1. The van der Waals surface area contributed by atoms with Crippen molar-refractivity contribution in [3.8, 4) is 0 Å². The van der Waals surface area contributed by atoms with E-state index in [1.165, 1.54) is 12.1 Å². The van der Waals surface area contributed by atoms with Gasteiger partial charge in [-0.3, -0.25) is 0 Å². The highest BCUT2D eigenvalue weighted by Gasteiger charge is 2.31. The van der Waals surface area contributed by atoms with Gasteiger partial charge in [-0.1, -0.05) is 6.92 Å². The van der Waals surface area contributed by atoms with Crippen LogP contribution in [0, 0.1) is 5.82 Å². The second-order valence-corrected chi connectivity index (χ2v) is 5.02. The van der Waals surface area contributed by atoms with Gasteiger partial charge < -0.3 is 20.4 Å². The van der Waals surface area contributed by atoms with E-state index in [2.05, 4.69) is 5.32 Å². The van der Waals surface area contributed by atoms with Gasteiger partial charge in [-0.15, -0.1) is 0 Å². The molecule has 1 fully saturated rings. The molecule has 1 aromatic rings. The molecule has 5 heteroatoms. The Morgan fingerprint density at radius 2 is 2.00 bits per heavy atom. The molecule has 0 radical (unpaired) electrons. The molecule has 0 saturated carbocycles. The number of hydrogen-bond donors (Lipinski definition) is 3. The highest BCUT2D eigenvalue weighted by molar-refractivity contribution is 5.56. The third-order valence-electron chi connectivity index (χ3n) is 3.57. The van der Waals surface area contributed by atoms with Crippen LogP contribution < -0.4 is 10.2 Å². The van der Waals surface area contributed by atoms with Crippen LogP contribution in [0.25, 0.3) is 0 Å². The summed E-state index contributed by atoms with van der Waals surface area (Å²) >= 11 is 0. The quantitative estimate of drug-likeness (QED) is 0.763. The summed E-state index contributed by atoms with van der Waals surface area (Å²) in [6.45, 7) is 5.52. The van der Waals surface area contributed by atoms with Gasteiger partial charge in [0.25, 0.3) is 0 Å². The minimum atomic E-state index is -0.743. The normalized spacial score (nSPS) is 24.8. The van der Waals surface area contributed by atoms with E-state index >= 15 is 0 Å². The summed E-state index contributed by atoms with van der Waals surface area (Å²) in [4.78, 5) is 1.90. The average Bonchev–Trinajstić information content (AvgIpc) is 2.69. The molecule has 1 aliphatic heterocycles. The predicted octanol–water partition coefficient (Wildman–Crippen LogP) is 1.04. The number of nitrogens with zero attached hydrogens (tertiary/aromatic N) is 1. The van der Waals surface area contributed by atoms with E-state index in [0.29, 0.717) is 13.1 Å². The molecule has 4 nitrogen and oxygen atoms in total. The van der Waals surface area contributed by atoms with Crippen LogP contribution in [-0.2, 0) is 0 Å². The van der Waals surface area contributed by atoms with E-state index < -0.39 is 12.2 Å². The number of hydrogen-bond acceptors (Lipinski definition) is 4. The van der Waals surface area contributed by atoms with Gasteiger partial charge in [0.05, 0.1) is 12.2 Å². The molecule has 3 unspecified atom stereocenters. The van der Waals surface area contributed by atoms with Crippen LogP contribution in [0.1, 0.15) is 25.5 Å². The molecule has 0 aromatic heterocycles. The van der Waals surface area contributed by atoms with E-state index in [1.54, 1.807) is 6.07 Å². The molecule has 0 amide bonds. The number of halogens is 1. The second-order valence-electron chi connectivity index (χ2n) is 5.02. The van der Waals surface area contributed by atoms with Gasteiger partial charge in [0, 0.05) is 24.8 Å². The molecule has 0 spiro atoms. The number of anilines is 1. The average molecular weight is 268 g/mol. The Labute approximate surface area is 112 Å². The second kappa shape index (κ2) is 5.86. The van der Waals surface area contributed by atoms with Crippen molar-refractivity contribution in [3.63, 3.8) is 0 Å². The van der Waals surface area contributed by atoms with Gasteiger partial charge in [0.1, 0.15) is 5.82 Å². The Hall–Kier alpha value is -1.17. The zero-order valence-corrected chi connectivity index (χ0v) is 11.3. The van der Waals surface area contributed by atoms with Crippen molar-refractivity contribution in [3.05, 3.63) is 29.6 Å². The first-order valence-electron chi connectivity index (χ1n) is 6.66. The van der Waals surface area contributed by atoms with E-state index in [0.717, 1.165) is 17.8 Å². The van der Waals surface area contributed by atoms with Crippen LogP contribution in [0.3, 0.4) is 0 Å². The summed E-state index contributed by atoms with van der Waals surface area (Å²) in [5, 5.41) is 22.5. The lowest BCUT2D eigenvalue weighted by molar-refractivity contribution is 0.0572. The molecule has 0 bridgehead atoms.